The molecule has 0 amide bonds. The molecule has 5 aromatic heterocycles. The molecule has 10 rings (SSSR count). The maximum atomic E-state index is 6.69. The number of nitrogens with zero attached hydrogens (tertiary/aromatic N) is 4. The first kappa shape index (κ1) is 21.9. The van der Waals surface area contributed by atoms with Gasteiger partial charge in [0.05, 0.1) is 38.7 Å². The monoisotopic (exact) mass is 538 g/mol. The molecule has 5 heteroatoms. The molecule has 0 fully saturated rings. The van der Waals surface area contributed by atoms with Crippen molar-refractivity contribution in [1.29, 1.82) is 0 Å². The minimum atomic E-state index is 0.841. The Kier molecular flexibility index (Phi) is 4.12. The zero-order chi connectivity index (χ0) is 27.4. The Morgan fingerprint density at radius 1 is 0.524 bits per heavy atom. The van der Waals surface area contributed by atoms with Crippen LogP contribution >= 0.6 is 0 Å². The number of benzene rings is 5. The van der Waals surface area contributed by atoms with Gasteiger partial charge in [0.1, 0.15) is 5.58 Å². The predicted molar refractivity (Wildman–Crippen MR) is 171 cm³/mol. The first-order chi connectivity index (χ1) is 20.8. The zero-order valence-electron chi connectivity index (χ0n) is 22.4. The number of aromatic nitrogens is 4. The van der Waals surface area contributed by atoms with E-state index in [2.05, 4.69) is 124 Å². The Bertz CT molecular complexity index is 2680. The van der Waals surface area contributed by atoms with Gasteiger partial charge in [-0.2, -0.15) is 5.10 Å². The number of hydrogen-bond acceptors (Lipinski definition) is 2. The molecule has 0 aliphatic heterocycles. The summed E-state index contributed by atoms with van der Waals surface area (Å²) in [5.41, 5.74) is 9.40. The lowest BCUT2D eigenvalue weighted by Crippen LogP contribution is -1.98. The van der Waals surface area contributed by atoms with Gasteiger partial charge < -0.3 is 8.98 Å². The number of rotatable bonds is 2. The fourth-order valence-corrected chi connectivity index (χ4v) is 6.93. The van der Waals surface area contributed by atoms with Crippen molar-refractivity contribution < 1.29 is 4.42 Å². The van der Waals surface area contributed by atoms with Crippen LogP contribution in [-0.2, 0) is 0 Å². The third-order valence-corrected chi connectivity index (χ3v) is 8.66. The molecule has 42 heavy (non-hydrogen) atoms. The summed E-state index contributed by atoms with van der Waals surface area (Å²) in [6.07, 6.45) is 2.02. The molecule has 5 aromatic carbocycles. The first-order valence-corrected chi connectivity index (χ1v) is 14.2. The molecule has 196 valence electrons. The second kappa shape index (κ2) is 7.89. The van der Waals surface area contributed by atoms with Crippen molar-refractivity contribution in [2.45, 2.75) is 0 Å². The fourth-order valence-electron chi connectivity index (χ4n) is 6.93. The normalized spacial score (nSPS) is 12.3. The second-order valence-corrected chi connectivity index (χ2v) is 10.9. The average Bonchev–Trinajstić information content (AvgIpc) is 3.77. The Morgan fingerprint density at radius 2 is 1.24 bits per heavy atom. The van der Waals surface area contributed by atoms with E-state index in [1.165, 1.54) is 21.8 Å². The quantitative estimate of drug-likeness (QED) is 0.220. The van der Waals surface area contributed by atoms with E-state index in [9.17, 15) is 0 Å². The molecule has 10 aromatic rings. The van der Waals surface area contributed by atoms with Gasteiger partial charge in [0.25, 0.3) is 0 Å². The number of pyridine rings is 1. The summed E-state index contributed by atoms with van der Waals surface area (Å²) < 4.78 is 13.3. The summed E-state index contributed by atoms with van der Waals surface area (Å²) in [5.74, 6) is 0. The van der Waals surface area contributed by atoms with E-state index in [1.807, 2.05) is 22.8 Å². The van der Waals surface area contributed by atoms with Crippen molar-refractivity contribution in [3.05, 3.63) is 134 Å². The lowest BCUT2D eigenvalue weighted by Gasteiger charge is -2.10. The SMILES string of the molecule is c1ccc(-n2c3ccccc3c3cc4c(cc32)c2c3ccccc3oc2n4-c2cccn3nc4ccccc4c23)cc1. The van der Waals surface area contributed by atoms with Crippen molar-refractivity contribution in [3.63, 3.8) is 0 Å². The Hall–Kier alpha value is -5.81. The van der Waals surface area contributed by atoms with Crippen LogP contribution in [0.5, 0.6) is 0 Å². The summed E-state index contributed by atoms with van der Waals surface area (Å²) >= 11 is 0. The molecule has 5 heterocycles. The third-order valence-electron chi connectivity index (χ3n) is 8.66. The predicted octanol–water partition coefficient (Wildman–Crippen LogP) is 9.43. The zero-order valence-corrected chi connectivity index (χ0v) is 22.4. The molecule has 0 aliphatic carbocycles. The highest BCUT2D eigenvalue weighted by atomic mass is 16.3. The minimum Gasteiger partial charge on any atom is -0.439 e. The molecule has 0 aliphatic rings. The number of hydrogen-bond donors (Lipinski definition) is 0. The van der Waals surface area contributed by atoms with Crippen LogP contribution in [0.4, 0.5) is 0 Å². The van der Waals surface area contributed by atoms with Crippen LogP contribution in [0.15, 0.2) is 138 Å². The van der Waals surface area contributed by atoms with Crippen LogP contribution in [0.25, 0.3) is 82.6 Å². The van der Waals surface area contributed by atoms with Crippen molar-refractivity contribution in [1.82, 2.24) is 18.7 Å². The van der Waals surface area contributed by atoms with E-state index in [4.69, 9.17) is 9.52 Å². The van der Waals surface area contributed by atoms with Crippen molar-refractivity contribution in [2.24, 2.45) is 0 Å². The molecule has 5 nitrogen and oxygen atoms in total. The van der Waals surface area contributed by atoms with Crippen LogP contribution in [0, 0.1) is 0 Å². The Balaban J connectivity index is 1.44. The van der Waals surface area contributed by atoms with Gasteiger partial charge >= 0.3 is 0 Å². The molecule has 0 spiro atoms. The summed E-state index contributed by atoms with van der Waals surface area (Å²) in [4.78, 5) is 0. The highest BCUT2D eigenvalue weighted by Crippen LogP contribution is 2.43. The van der Waals surface area contributed by atoms with Crippen LogP contribution in [0.3, 0.4) is 0 Å². The molecule has 0 atom stereocenters. The van der Waals surface area contributed by atoms with E-state index in [0.29, 0.717) is 0 Å². The van der Waals surface area contributed by atoms with Gasteiger partial charge in [-0.25, -0.2) is 4.52 Å². The molecule has 0 unspecified atom stereocenters. The van der Waals surface area contributed by atoms with Crippen molar-refractivity contribution in [3.8, 4) is 11.4 Å². The highest BCUT2D eigenvalue weighted by molar-refractivity contribution is 6.24. The molecular formula is C37H22N4O. The first-order valence-electron chi connectivity index (χ1n) is 14.2. The van der Waals surface area contributed by atoms with E-state index >= 15 is 0 Å². The van der Waals surface area contributed by atoms with Crippen molar-refractivity contribution in [2.75, 3.05) is 0 Å². The number of para-hydroxylation sites is 3. The maximum Gasteiger partial charge on any atom is 0.213 e. The largest absolute Gasteiger partial charge is 0.439 e. The molecule has 0 radical (unpaired) electrons. The van der Waals surface area contributed by atoms with Gasteiger partial charge in [-0.15, -0.1) is 0 Å². The minimum absolute atomic E-state index is 0.841. The highest BCUT2D eigenvalue weighted by Gasteiger charge is 2.24. The number of furan rings is 1. The van der Waals surface area contributed by atoms with Crippen LogP contribution in [0.2, 0.25) is 0 Å². The van der Waals surface area contributed by atoms with E-state index in [1.54, 1.807) is 0 Å². The number of fused-ring (bicyclic) bond motifs is 11. The van der Waals surface area contributed by atoms with Crippen LogP contribution < -0.4 is 0 Å². The molecule has 0 bridgehead atoms. The van der Waals surface area contributed by atoms with E-state index in [0.717, 1.165) is 60.8 Å². The summed E-state index contributed by atoms with van der Waals surface area (Å²) in [5, 5.41) is 11.8. The standard InChI is InChI=1S/C37H22N4O/c1-2-11-23(12-3-1)40-30-17-8-5-13-24(30)27-21-33-28(22-32(27)40)35-26-15-6-9-19-34(26)42-37(35)41(33)31-18-10-20-39-36(31)25-14-4-7-16-29(25)38-39/h1-22H. The van der Waals surface area contributed by atoms with Gasteiger partial charge in [-0.1, -0.05) is 72.8 Å². The lowest BCUT2D eigenvalue weighted by atomic mass is 10.1. The fraction of sp³-hybridized carbons (Fsp3) is 0. The van der Waals surface area contributed by atoms with Gasteiger partial charge in [0.2, 0.25) is 5.71 Å². The Labute approximate surface area is 239 Å². The van der Waals surface area contributed by atoms with Gasteiger partial charge in [0, 0.05) is 38.8 Å². The Morgan fingerprint density at radius 3 is 2.14 bits per heavy atom. The third kappa shape index (κ3) is 2.74. The average molecular weight is 539 g/mol. The van der Waals surface area contributed by atoms with E-state index < -0.39 is 0 Å². The summed E-state index contributed by atoms with van der Waals surface area (Å²) in [6.45, 7) is 0. The topological polar surface area (TPSA) is 40.3 Å². The molecular weight excluding hydrogens is 516 g/mol. The molecule has 0 saturated carbocycles. The van der Waals surface area contributed by atoms with E-state index in [-0.39, 0.29) is 0 Å². The second-order valence-electron chi connectivity index (χ2n) is 10.9. The van der Waals surface area contributed by atoms with Gasteiger partial charge in [0.15, 0.2) is 0 Å². The summed E-state index contributed by atoms with van der Waals surface area (Å²) in [7, 11) is 0. The van der Waals surface area contributed by atoms with Crippen LogP contribution in [0.1, 0.15) is 0 Å². The van der Waals surface area contributed by atoms with Gasteiger partial charge in [-0.3, -0.25) is 4.57 Å². The summed E-state index contributed by atoms with van der Waals surface area (Å²) in [6, 6.07) is 44.9. The van der Waals surface area contributed by atoms with Gasteiger partial charge in [-0.05, 0) is 54.6 Å². The van der Waals surface area contributed by atoms with Crippen molar-refractivity contribution >= 4 is 71.2 Å². The maximum absolute atomic E-state index is 6.69. The molecule has 0 saturated heterocycles. The smallest absolute Gasteiger partial charge is 0.213 e. The molecule has 0 N–H and O–H groups in total. The lowest BCUT2D eigenvalue weighted by molar-refractivity contribution is 0.645. The van der Waals surface area contributed by atoms with Crippen LogP contribution in [-0.4, -0.2) is 18.7 Å².